The highest BCUT2D eigenvalue weighted by Gasteiger charge is 2.16. The second kappa shape index (κ2) is 7.46. The Balaban J connectivity index is 2.55. The van der Waals surface area contributed by atoms with Gasteiger partial charge in [0.25, 0.3) is 5.91 Å². The minimum Gasteiger partial charge on any atom is -0.379 e. The lowest BCUT2D eigenvalue weighted by Crippen LogP contribution is -2.29. The Morgan fingerprint density at radius 3 is 2.79 bits per heavy atom. The minimum atomic E-state index is -0.580. The van der Waals surface area contributed by atoms with Gasteiger partial charge in [0.1, 0.15) is 5.82 Å². The fourth-order valence-corrected chi connectivity index (χ4v) is 1.80. The quantitative estimate of drug-likeness (QED) is 0.751. The first-order valence-electron chi connectivity index (χ1n) is 6.24. The Labute approximate surface area is 118 Å². The largest absolute Gasteiger partial charge is 0.379 e. The summed E-state index contributed by atoms with van der Waals surface area (Å²) >= 11 is 5.79. The predicted octanol–water partition coefficient (Wildman–Crippen LogP) is 3.37. The van der Waals surface area contributed by atoms with E-state index >= 15 is 0 Å². The van der Waals surface area contributed by atoms with Gasteiger partial charge in [0.15, 0.2) is 0 Å². The average Bonchev–Trinajstić information content (AvgIpc) is 2.36. The van der Waals surface area contributed by atoms with Crippen molar-refractivity contribution in [3.05, 3.63) is 34.6 Å². The summed E-state index contributed by atoms with van der Waals surface area (Å²) in [6.07, 6.45) is 0.909. The van der Waals surface area contributed by atoms with Crippen LogP contribution in [0.25, 0.3) is 0 Å². The van der Waals surface area contributed by atoms with Crippen LogP contribution in [-0.4, -0.2) is 37.1 Å². The molecule has 0 fully saturated rings. The first kappa shape index (κ1) is 15.9. The van der Waals surface area contributed by atoms with Crippen LogP contribution in [0.2, 0.25) is 5.02 Å². The minimum absolute atomic E-state index is 0.127. The molecule has 0 N–H and O–H groups in total. The number of carbonyl (C=O) groups is 1. The van der Waals surface area contributed by atoms with Crippen molar-refractivity contribution in [3.8, 4) is 0 Å². The van der Waals surface area contributed by atoms with E-state index in [1.807, 2.05) is 13.8 Å². The first-order chi connectivity index (χ1) is 8.93. The van der Waals surface area contributed by atoms with E-state index in [0.717, 1.165) is 6.42 Å². The number of benzene rings is 1. The maximum Gasteiger partial charge on any atom is 0.255 e. The smallest absolute Gasteiger partial charge is 0.255 e. The van der Waals surface area contributed by atoms with E-state index in [1.165, 1.54) is 23.1 Å². The molecule has 0 bridgehead atoms. The number of amides is 1. The van der Waals surface area contributed by atoms with Gasteiger partial charge in [-0.3, -0.25) is 4.79 Å². The van der Waals surface area contributed by atoms with Crippen molar-refractivity contribution in [2.24, 2.45) is 0 Å². The van der Waals surface area contributed by atoms with Crippen LogP contribution in [0, 0.1) is 5.82 Å². The third kappa shape index (κ3) is 4.80. The van der Waals surface area contributed by atoms with Crippen molar-refractivity contribution < 1.29 is 13.9 Å². The van der Waals surface area contributed by atoms with Crippen LogP contribution in [0.1, 0.15) is 30.6 Å². The van der Waals surface area contributed by atoms with Gasteiger partial charge in [-0.25, -0.2) is 4.39 Å². The van der Waals surface area contributed by atoms with Crippen LogP contribution in [0.4, 0.5) is 4.39 Å². The summed E-state index contributed by atoms with van der Waals surface area (Å²) in [6, 6.07) is 4.23. The average molecular weight is 288 g/mol. The second-order valence-corrected chi connectivity index (χ2v) is 4.98. The Kier molecular flexibility index (Phi) is 6.25. The maximum absolute atomic E-state index is 13.3. The number of ether oxygens (including phenoxy) is 1. The third-order valence-electron chi connectivity index (χ3n) is 2.62. The molecule has 0 unspecified atom stereocenters. The molecule has 0 saturated heterocycles. The van der Waals surface area contributed by atoms with Crippen LogP contribution >= 0.6 is 11.6 Å². The van der Waals surface area contributed by atoms with Gasteiger partial charge in [-0.15, -0.1) is 0 Å². The number of halogens is 2. The van der Waals surface area contributed by atoms with E-state index in [1.54, 1.807) is 7.05 Å². The van der Waals surface area contributed by atoms with E-state index < -0.39 is 5.82 Å². The maximum atomic E-state index is 13.3. The molecule has 1 rings (SSSR count). The lowest BCUT2D eigenvalue weighted by atomic mass is 10.2. The van der Waals surface area contributed by atoms with Crippen LogP contribution in [0.15, 0.2) is 18.2 Å². The lowest BCUT2D eigenvalue weighted by molar-refractivity contribution is 0.0650. The van der Waals surface area contributed by atoms with Gasteiger partial charge in [-0.05, 0) is 32.4 Å². The molecular weight excluding hydrogens is 269 g/mol. The van der Waals surface area contributed by atoms with Gasteiger partial charge >= 0.3 is 0 Å². The fourth-order valence-electron chi connectivity index (χ4n) is 1.60. The van der Waals surface area contributed by atoms with Crippen molar-refractivity contribution in [1.29, 1.82) is 0 Å². The summed E-state index contributed by atoms with van der Waals surface area (Å²) in [4.78, 5) is 13.6. The molecule has 5 heteroatoms. The van der Waals surface area contributed by atoms with Gasteiger partial charge in [-0.2, -0.15) is 0 Å². The lowest BCUT2D eigenvalue weighted by Gasteiger charge is -2.18. The highest BCUT2D eigenvalue weighted by Crippen LogP contribution is 2.20. The van der Waals surface area contributed by atoms with Crippen LogP contribution in [0.3, 0.4) is 0 Å². The highest BCUT2D eigenvalue weighted by molar-refractivity contribution is 6.33. The molecule has 3 nitrogen and oxygen atoms in total. The normalized spacial score (nSPS) is 10.8. The zero-order valence-corrected chi connectivity index (χ0v) is 12.2. The molecule has 0 aromatic heterocycles. The molecule has 0 heterocycles. The number of rotatable bonds is 6. The first-order valence-corrected chi connectivity index (χ1v) is 6.62. The van der Waals surface area contributed by atoms with Gasteiger partial charge in [-0.1, -0.05) is 17.7 Å². The Morgan fingerprint density at radius 1 is 1.47 bits per heavy atom. The number of nitrogens with zero attached hydrogens (tertiary/aromatic N) is 1. The topological polar surface area (TPSA) is 29.5 Å². The molecule has 0 saturated carbocycles. The molecule has 0 atom stereocenters. The molecule has 0 radical (unpaired) electrons. The fraction of sp³-hybridized carbons (Fsp3) is 0.500. The van der Waals surface area contributed by atoms with E-state index in [-0.39, 0.29) is 22.6 Å². The Hall–Kier alpha value is -1.13. The molecular formula is C14H19ClFNO2. The van der Waals surface area contributed by atoms with Crippen LogP contribution in [0.5, 0.6) is 0 Å². The highest BCUT2D eigenvalue weighted by atomic mass is 35.5. The monoisotopic (exact) mass is 287 g/mol. The van der Waals surface area contributed by atoms with Crippen molar-refractivity contribution in [1.82, 2.24) is 4.90 Å². The van der Waals surface area contributed by atoms with E-state index in [0.29, 0.717) is 13.2 Å². The van der Waals surface area contributed by atoms with Crippen LogP contribution in [-0.2, 0) is 4.74 Å². The number of carbonyl (C=O) groups excluding carboxylic acids is 1. The summed E-state index contributed by atoms with van der Waals surface area (Å²) in [5, 5.41) is -0.127. The molecule has 19 heavy (non-hydrogen) atoms. The summed E-state index contributed by atoms with van der Waals surface area (Å²) in [7, 11) is 1.67. The second-order valence-electron chi connectivity index (χ2n) is 4.60. The summed E-state index contributed by atoms with van der Waals surface area (Å²) in [5.74, 6) is -0.863. The molecule has 0 spiro atoms. The van der Waals surface area contributed by atoms with Crippen molar-refractivity contribution in [2.45, 2.75) is 26.4 Å². The van der Waals surface area contributed by atoms with Gasteiger partial charge < -0.3 is 9.64 Å². The van der Waals surface area contributed by atoms with Crippen molar-refractivity contribution in [3.63, 3.8) is 0 Å². The predicted molar refractivity (Wildman–Crippen MR) is 74.1 cm³/mol. The van der Waals surface area contributed by atoms with Crippen molar-refractivity contribution in [2.75, 3.05) is 20.2 Å². The number of hydrogen-bond acceptors (Lipinski definition) is 2. The molecule has 0 aliphatic rings. The van der Waals surface area contributed by atoms with E-state index in [2.05, 4.69) is 0 Å². The molecule has 106 valence electrons. The van der Waals surface area contributed by atoms with E-state index in [4.69, 9.17) is 16.3 Å². The van der Waals surface area contributed by atoms with Gasteiger partial charge in [0.05, 0.1) is 16.7 Å². The SMILES string of the molecule is CC(C)OCCCN(C)C(=O)c1cccc(F)c1Cl. The molecule has 1 amide bonds. The van der Waals surface area contributed by atoms with Crippen molar-refractivity contribution >= 4 is 17.5 Å². The summed E-state index contributed by atoms with van der Waals surface area (Å²) in [5.41, 5.74) is 0.189. The van der Waals surface area contributed by atoms with Gasteiger partial charge in [0.2, 0.25) is 0 Å². The molecule has 1 aromatic rings. The standard InChI is InChI=1S/C14H19ClFNO2/c1-10(2)19-9-5-8-17(3)14(18)11-6-4-7-12(16)13(11)15/h4,6-7,10H,5,8-9H2,1-3H3. The summed E-state index contributed by atoms with van der Waals surface area (Å²) < 4.78 is 18.7. The van der Waals surface area contributed by atoms with E-state index in [9.17, 15) is 9.18 Å². The van der Waals surface area contributed by atoms with Gasteiger partial charge in [0, 0.05) is 20.2 Å². The molecule has 1 aromatic carbocycles. The van der Waals surface area contributed by atoms with Crippen LogP contribution < -0.4 is 0 Å². The third-order valence-corrected chi connectivity index (χ3v) is 3.00. The zero-order chi connectivity index (χ0) is 14.4. The number of hydrogen-bond donors (Lipinski definition) is 0. The Bertz CT molecular complexity index is 437. The Morgan fingerprint density at radius 2 is 2.16 bits per heavy atom. The summed E-state index contributed by atoms with van der Waals surface area (Å²) in [6.45, 7) is 5.05. The zero-order valence-electron chi connectivity index (χ0n) is 11.5. The molecule has 0 aliphatic carbocycles. The molecule has 0 aliphatic heterocycles.